The van der Waals surface area contributed by atoms with Crippen molar-refractivity contribution in [3.05, 3.63) is 23.8 Å². The van der Waals surface area contributed by atoms with Gasteiger partial charge in [-0.05, 0) is 18.1 Å². The summed E-state index contributed by atoms with van der Waals surface area (Å²) in [6.07, 6.45) is 0.949. The summed E-state index contributed by atoms with van der Waals surface area (Å²) in [5.74, 6) is -0.735. The highest BCUT2D eigenvalue weighted by Crippen LogP contribution is 2.31. The van der Waals surface area contributed by atoms with Gasteiger partial charge < -0.3 is 5.11 Å². The number of para-hydroxylation sites is 1. The van der Waals surface area contributed by atoms with Gasteiger partial charge in [0.05, 0.1) is 16.0 Å². The van der Waals surface area contributed by atoms with Crippen molar-refractivity contribution in [1.29, 1.82) is 0 Å². The zero-order chi connectivity index (χ0) is 11.5. The first-order valence-corrected chi connectivity index (χ1v) is 6.74. The number of carbonyl (C=O) groups is 1. The van der Waals surface area contributed by atoms with E-state index in [2.05, 4.69) is 18.0 Å². The molecule has 0 fully saturated rings. The maximum Gasteiger partial charge on any atom is 0.313 e. The van der Waals surface area contributed by atoms with Gasteiger partial charge in [-0.1, -0.05) is 30.8 Å². The van der Waals surface area contributed by atoms with Gasteiger partial charge in [0.2, 0.25) is 0 Å². The van der Waals surface area contributed by atoms with Crippen LogP contribution in [0.15, 0.2) is 22.5 Å². The molecule has 1 heterocycles. The number of hydrogen-bond acceptors (Lipinski definition) is 4. The molecule has 3 nitrogen and oxygen atoms in total. The third-order valence-electron chi connectivity index (χ3n) is 2.18. The Kier molecular flexibility index (Phi) is 3.46. The molecular formula is C11H11NO2S2. The number of benzene rings is 1. The number of aliphatic carboxylic acids is 1. The minimum absolute atomic E-state index is 0.0707. The molecular weight excluding hydrogens is 242 g/mol. The van der Waals surface area contributed by atoms with Gasteiger partial charge in [-0.2, -0.15) is 0 Å². The predicted octanol–water partition coefficient (Wildman–Crippen LogP) is 3.04. The number of carboxylic acid groups (broad SMARTS) is 1. The molecule has 0 amide bonds. The molecule has 0 atom stereocenters. The Hall–Kier alpha value is -1.07. The van der Waals surface area contributed by atoms with Crippen LogP contribution in [0.3, 0.4) is 0 Å². The van der Waals surface area contributed by atoms with Crippen molar-refractivity contribution < 1.29 is 9.90 Å². The fourth-order valence-corrected chi connectivity index (χ4v) is 3.29. The quantitative estimate of drug-likeness (QED) is 0.851. The summed E-state index contributed by atoms with van der Waals surface area (Å²) in [5.41, 5.74) is 2.24. The number of aryl methyl sites for hydroxylation is 1. The molecule has 0 bridgehead atoms. The number of carboxylic acids is 1. The average Bonchev–Trinajstić information content (AvgIpc) is 2.68. The van der Waals surface area contributed by atoms with Crippen LogP contribution in [0.1, 0.15) is 12.5 Å². The second-order valence-electron chi connectivity index (χ2n) is 3.28. The maximum absolute atomic E-state index is 10.5. The molecule has 0 aliphatic carbocycles. The molecule has 84 valence electrons. The van der Waals surface area contributed by atoms with E-state index in [0.29, 0.717) is 0 Å². The summed E-state index contributed by atoms with van der Waals surface area (Å²) in [5, 5.41) is 8.61. The van der Waals surface area contributed by atoms with Crippen LogP contribution in [-0.2, 0) is 11.2 Å². The van der Waals surface area contributed by atoms with E-state index in [9.17, 15) is 4.79 Å². The summed E-state index contributed by atoms with van der Waals surface area (Å²) in [4.78, 5) is 14.9. The molecule has 0 saturated heterocycles. The van der Waals surface area contributed by atoms with Crippen LogP contribution >= 0.6 is 23.1 Å². The lowest BCUT2D eigenvalue weighted by Gasteiger charge is -1.95. The summed E-state index contributed by atoms with van der Waals surface area (Å²) >= 11 is 2.84. The second kappa shape index (κ2) is 4.84. The Balaban J connectivity index is 2.32. The number of aromatic nitrogens is 1. The standard InChI is InChI=1S/C11H11NO2S2/c1-2-7-4-3-5-8-10(7)12-11(16-8)15-6-9(13)14/h3-5H,2,6H2,1H3,(H,13,14). The van der Waals surface area contributed by atoms with Crippen molar-refractivity contribution in [2.45, 2.75) is 17.7 Å². The fourth-order valence-electron chi connectivity index (χ4n) is 1.46. The lowest BCUT2D eigenvalue weighted by molar-refractivity contribution is -0.133. The molecule has 0 saturated carbocycles. The van der Waals surface area contributed by atoms with Gasteiger partial charge >= 0.3 is 5.97 Å². The molecule has 1 N–H and O–H groups in total. The van der Waals surface area contributed by atoms with Gasteiger partial charge in [0.1, 0.15) is 0 Å². The summed E-state index contributed by atoms with van der Waals surface area (Å²) in [6, 6.07) is 6.11. The highest BCUT2D eigenvalue weighted by molar-refractivity contribution is 8.01. The molecule has 0 aliphatic rings. The van der Waals surface area contributed by atoms with E-state index >= 15 is 0 Å². The monoisotopic (exact) mass is 253 g/mol. The lowest BCUT2D eigenvalue weighted by atomic mass is 10.1. The first-order valence-electron chi connectivity index (χ1n) is 4.93. The van der Waals surface area contributed by atoms with E-state index in [1.54, 1.807) is 11.3 Å². The molecule has 1 aromatic heterocycles. The van der Waals surface area contributed by atoms with Gasteiger partial charge in [-0.3, -0.25) is 4.79 Å². The molecule has 0 spiro atoms. The van der Waals surface area contributed by atoms with Crippen molar-refractivity contribution in [2.24, 2.45) is 0 Å². The molecule has 0 unspecified atom stereocenters. The number of thioether (sulfide) groups is 1. The number of nitrogens with zero attached hydrogens (tertiary/aromatic N) is 1. The molecule has 2 aromatic rings. The summed E-state index contributed by atoms with van der Waals surface area (Å²) < 4.78 is 1.96. The van der Waals surface area contributed by atoms with E-state index in [0.717, 1.165) is 21.0 Å². The van der Waals surface area contributed by atoms with Gasteiger partial charge in [-0.15, -0.1) is 11.3 Å². The highest BCUT2D eigenvalue weighted by atomic mass is 32.2. The van der Waals surface area contributed by atoms with Gasteiger partial charge in [0.15, 0.2) is 4.34 Å². The third-order valence-corrected chi connectivity index (χ3v) is 4.33. The van der Waals surface area contributed by atoms with Gasteiger partial charge in [0.25, 0.3) is 0 Å². The fraction of sp³-hybridized carbons (Fsp3) is 0.273. The van der Waals surface area contributed by atoms with Crippen LogP contribution < -0.4 is 0 Å². The normalized spacial score (nSPS) is 10.8. The van der Waals surface area contributed by atoms with E-state index < -0.39 is 5.97 Å². The third kappa shape index (κ3) is 2.36. The van der Waals surface area contributed by atoms with Gasteiger partial charge in [-0.25, -0.2) is 4.98 Å². The molecule has 0 aliphatic heterocycles. The first-order chi connectivity index (χ1) is 7.70. The van der Waals surface area contributed by atoms with E-state index in [1.165, 1.54) is 17.3 Å². The molecule has 0 radical (unpaired) electrons. The maximum atomic E-state index is 10.5. The van der Waals surface area contributed by atoms with Crippen LogP contribution in [0.2, 0.25) is 0 Å². The zero-order valence-corrected chi connectivity index (χ0v) is 10.4. The Morgan fingerprint density at radius 2 is 2.38 bits per heavy atom. The van der Waals surface area contributed by atoms with Crippen LogP contribution in [0, 0.1) is 0 Å². The van der Waals surface area contributed by atoms with E-state index in [4.69, 9.17) is 5.11 Å². The van der Waals surface area contributed by atoms with E-state index in [1.807, 2.05) is 12.1 Å². The van der Waals surface area contributed by atoms with Crippen molar-refractivity contribution in [3.63, 3.8) is 0 Å². The van der Waals surface area contributed by atoms with Crippen LogP contribution in [0.4, 0.5) is 0 Å². The molecule has 1 aromatic carbocycles. The van der Waals surface area contributed by atoms with E-state index in [-0.39, 0.29) is 5.75 Å². The number of thiazole rings is 1. The highest BCUT2D eigenvalue weighted by Gasteiger charge is 2.08. The Labute approximate surface area is 102 Å². The molecule has 16 heavy (non-hydrogen) atoms. The summed E-state index contributed by atoms with van der Waals surface area (Å²) in [6.45, 7) is 2.10. The molecule has 2 rings (SSSR count). The topological polar surface area (TPSA) is 50.2 Å². The number of rotatable bonds is 4. The Morgan fingerprint density at radius 3 is 3.06 bits per heavy atom. The van der Waals surface area contributed by atoms with Crippen molar-refractivity contribution >= 4 is 39.3 Å². The minimum Gasteiger partial charge on any atom is -0.481 e. The number of fused-ring (bicyclic) bond motifs is 1. The van der Waals surface area contributed by atoms with Crippen LogP contribution in [0.5, 0.6) is 0 Å². The van der Waals surface area contributed by atoms with Gasteiger partial charge in [0, 0.05) is 0 Å². The first kappa shape index (κ1) is 11.4. The Morgan fingerprint density at radius 1 is 1.56 bits per heavy atom. The smallest absolute Gasteiger partial charge is 0.313 e. The summed E-state index contributed by atoms with van der Waals surface area (Å²) in [7, 11) is 0. The van der Waals surface area contributed by atoms with Crippen molar-refractivity contribution in [3.8, 4) is 0 Å². The Bertz CT molecular complexity index is 522. The van der Waals surface area contributed by atoms with Crippen LogP contribution in [0.25, 0.3) is 10.2 Å². The largest absolute Gasteiger partial charge is 0.481 e. The lowest BCUT2D eigenvalue weighted by Crippen LogP contribution is -1.96. The molecule has 5 heteroatoms. The predicted molar refractivity (Wildman–Crippen MR) is 67.4 cm³/mol. The minimum atomic E-state index is -0.806. The van der Waals surface area contributed by atoms with Crippen molar-refractivity contribution in [2.75, 3.05) is 5.75 Å². The SMILES string of the molecule is CCc1cccc2sc(SCC(=O)O)nc12. The number of hydrogen-bond donors (Lipinski definition) is 1. The van der Waals surface area contributed by atoms with Crippen molar-refractivity contribution in [1.82, 2.24) is 4.98 Å². The zero-order valence-electron chi connectivity index (χ0n) is 8.77. The average molecular weight is 253 g/mol. The second-order valence-corrected chi connectivity index (χ2v) is 5.53. The van der Waals surface area contributed by atoms with Crippen LogP contribution in [-0.4, -0.2) is 21.8 Å².